The maximum atomic E-state index is 15.5. The molecule has 3 heterocycles. The first kappa shape index (κ1) is 37.1. The molecule has 10 rings (SSSR count). The predicted molar refractivity (Wildman–Crippen MR) is 234 cm³/mol. The van der Waals surface area contributed by atoms with Crippen molar-refractivity contribution >= 4 is 21.8 Å². The number of hydrogen-bond acceptors (Lipinski definition) is 5. The van der Waals surface area contributed by atoms with Crippen molar-refractivity contribution < 1.29 is 13.2 Å². The van der Waals surface area contributed by atoms with Crippen LogP contribution in [0.15, 0.2) is 188 Å². The summed E-state index contributed by atoms with van der Waals surface area (Å²) in [5, 5.41) is 11.8. The quantitative estimate of drug-likeness (QED) is 0.160. The van der Waals surface area contributed by atoms with E-state index in [1.54, 1.807) is 24.3 Å². The molecular weight excluding hydrogens is 766 g/mol. The largest absolute Gasteiger partial charge is 0.416 e. The van der Waals surface area contributed by atoms with Gasteiger partial charge in [0.1, 0.15) is 0 Å². The van der Waals surface area contributed by atoms with Gasteiger partial charge in [0.2, 0.25) is 0 Å². The second-order valence-corrected chi connectivity index (χ2v) is 14.5. The zero-order valence-corrected chi connectivity index (χ0v) is 32.2. The molecule has 0 saturated carbocycles. The third-order valence-corrected chi connectivity index (χ3v) is 10.7. The van der Waals surface area contributed by atoms with Crippen molar-refractivity contribution in [2.24, 2.45) is 0 Å². The normalized spacial score (nSPS) is 11.5. The molecular formula is C52H31F3N6. The van der Waals surface area contributed by atoms with Crippen molar-refractivity contribution in [2.45, 2.75) is 6.18 Å². The summed E-state index contributed by atoms with van der Waals surface area (Å²) < 4.78 is 48.5. The van der Waals surface area contributed by atoms with Crippen molar-refractivity contribution in [3.05, 3.63) is 199 Å². The molecule has 0 saturated heterocycles. The highest BCUT2D eigenvalue weighted by Crippen LogP contribution is 2.45. The van der Waals surface area contributed by atoms with Gasteiger partial charge in [-0.25, -0.2) is 19.9 Å². The van der Waals surface area contributed by atoms with Crippen LogP contribution in [-0.4, -0.2) is 24.5 Å². The standard InChI is InChI=1S/C52H31F3N6/c53-52(54,55)38-28-41(45-30-43(34-15-5-1-6-16-34)57-50(59-45)36-19-9-3-10-20-36)49(61-47-24-14-13-23-39(47)40-26-25-33(32-56)27-48(40)61)42(29-38)46-31-44(35-17-7-2-8-18-35)58-51(60-46)37-21-11-4-12-22-37/h1-31H. The molecule has 9 heteroatoms. The lowest BCUT2D eigenvalue weighted by molar-refractivity contribution is -0.137. The molecule has 0 unspecified atom stereocenters. The molecule has 0 aliphatic heterocycles. The van der Waals surface area contributed by atoms with E-state index in [0.717, 1.165) is 39.5 Å². The van der Waals surface area contributed by atoms with Gasteiger partial charge in [0.25, 0.3) is 0 Å². The fourth-order valence-corrected chi connectivity index (χ4v) is 7.83. The second-order valence-electron chi connectivity index (χ2n) is 14.5. The van der Waals surface area contributed by atoms with Crippen LogP contribution in [0.25, 0.3) is 95.3 Å². The maximum absolute atomic E-state index is 15.5. The third-order valence-electron chi connectivity index (χ3n) is 10.7. The second kappa shape index (κ2) is 15.2. The molecule has 0 spiro atoms. The number of hydrogen-bond donors (Lipinski definition) is 0. The molecule has 10 aromatic rings. The summed E-state index contributed by atoms with van der Waals surface area (Å²) >= 11 is 0. The van der Waals surface area contributed by atoms with Crippen LogP contribution in [0, 0.1) is 11.3 Å². The lowest BCUT2D eigenvalue weighted by atomic mass is 9.95. The molecule has 0 amide bonds. The van der Waals surface area contributed by atoms with Crippen LogP contribution in [0.3, 0.4) is 0 Å². The summed E-state index contributed by atoms with van der Waals surface area (Å²) in [5.41, 5.74) is 6.13. The van der Waals surface area contributed by atoms with Crippen molar-refractivity contribution in [3.63, 3.8) is 0 Å². The molecule has 6 nitrogen and oxygen atoms in total. The molecule has 0 aliphatic rings. The fourth-order valence-electron chi connectivity index (χ4n) is 7.83. The first-order valence-electron chi connectivity index (χ1n) is 19.5. The minimum Gasteiger partial charge on any atom is -0.308 e. The van der Waals surface area contributed by atoms with Crippen molar-refractivity contribution in [3.8, 4) is 79.6 Å². The van der Waals surface area contributed by atoms with Gasteiger partial charge in [-0.05, 0) is 42.5 Å². The van der Waals surface area contributed by atoms with Gasteiger partial charge in [-0.1, -0.05) is 146 Å². The van der Waals surface area contributed by atoms with E-state index in [4.69, 9.17) is 19.9 Å². The number of para-hydroxylation sites is 1. The Hall–Kier alpha value is -8.22. The molecule has 0 N–H and O–H groups in total. The first-order chi connectivity index (χ1) is 29.8. The summed E-state index contributed by atoms with van der Waals surface area (Å²) in [6, 6.07) is 58.9. The van der Waals surface area contributed by atoms with Crippen LogP contribution in [-0.2, 0) is 6.18 Å². The Balaban J connectivity index is 1.39. The summed E-state index contributed by atoms with van der Waals surface area (Å²) in [7, 11) is 0. The van der Waals surface area contributed by atoms with E-state index < -0.39 is 11.7 Å². The van der Waals surface area contributed by atoms with Gasteiger partial charge in [0.15, 0.2) is 11.6 Å². The van der Waals surface area contributed by atoms with Gasteiger partial charge < -0.3 is 4.57 Å². The van der Waals surface area contributed by atoms with Crippen LogP contribution in [0.1, 0.15) is 11.1 Å². The molecule has 0 aliphatic carbocycles. The van der Waals surface area contributed by atoms with Crippen LogP contribution in [0.2, 0.25) is 0 Å². The minimum absolute atomic E-state index is 0.188. The molecule has 290 valence electrons. The van der Waals surface area contributed by atoms with E-state index in [0.29, 0.717) is 50.9 Å². The SMILES string of the molecule is N#Cc1ccc2c3ccccc3n(-c3c(-c4cc(-c5ccccc5)nc(-c5ccccc5)n4)cc(C(F)(F)F)cc3-c3cc(-c4ccccc4)nc(-c4ccccc4)n3)c2c1. The van der Waals surface area contributed by atoms with Crippen LogP contribution in [0.4, 0.5) is 13.2 Å². The van der Waals surface area contributed by atoms with Crippen LogP contribution >= 0.6 is 0 Å². The number of aromatic nitrogens is 5. The van der Waals surface area contributed by atoms with Gasteiger partial charge in [-0.2, -0.15) is 18.4 Å². The predicted octanol–water partition coefficient (Wildman–Crippen LogP) is 13.3. The molecule has 3 aromatic heterocycles. The van der Waals surface area contributed by atoms with E-state index in [2.05, 4.69) is 6.07 Å². The van der Waals surface area contributed by atoms with Crippen molar-refractivity contribution in [1.29, 1.82) is 5.26 Å². The molecule has 61 heavy (non-hydrogen) atoms. The number of nitriles is 1. The van der Waals surface area contributed by atoms with Gasteiger partial charge >= 0.3 is 6.18 Å². The fraction of sp³-hybridized carbons (Fsp3) is 0.0192. The number of nitrogens with zero attached hydrogens (tertiary/aromatic N) is 6. The number of alkyl halides is 3. The minimum atomic E-state index is -4.77. The Bertz CT molecular complexity index is 3020. The highest BCUT2D eigenvalue weighted by atomic mass is 19.4. The lowest BCUT2D eigenvalue weighted by Crippen LogP contribution is -2.10. The van der Waals surface area contributed by atoms with Crippen molar-refractivity contribution in [2.75, 3.05) is 0 Å². The molecule has 0 radical (unpaired) electrons. The van der Waals surface area contributed by atoms with E-state index in [1.165, 1.54) is 0 Å². The summed E-state index contributed by atoms with van der Waals surface area (Å²) in [6.07, 6.45) is -4.77. The lowest BCUT2D eigenvalue weighted by Gasteiger charge is -2.22. The Morgan fingerprint density at radius 1 is 0.426 bits per heavy atom. The summed E-state index contributed by atoms with van der Waals surface area (Å²) in [6.45, 7) is 0. The topological polar surface area (TPSA) is 80.3 Å². The monoisotopic (exact) mass is 796 g/mol. The van der Waals surface area contributed by atoms with Gasteiger partial charge in [0, 0.05) is 44.2 Å². The van der Waals surface area contributed by atoms with Gasteiger partial charge in [0.05, 0.1) is 56.7 Å². The third kappa shape index (κ3) is 6.96. The van der Waals surface area contributed by atoms with E-state index in [1.807, 2.05) is 156 Å². The molecule has 7 aromatic carbocycles. The van der Waals surface area contributed by atoms with Crippen molar-refractivity contribution in [1.82, 2.24) is 24.5 Å². The number of benzene rings is 7. The first-order valence-corrected chi connectivity index (χ1v) is 19.5. The Morgan fingerprint density at radius 2 is 0.852 bits per heavy atom. The smallest absolute Gasteiger partial charge is 0.308 e. The Labute approximate surface area is 348 Å². The average Bonchev–Trinajstić information content (AvgIpc) is 3.64. The zero-order valence-electron chi connectivity index (χ0n) is 32.2. The number of fused-ring (bicyclic) bond motifs is 3. The maximum Gasteiger partial charge on any atom is 0.416 e. The van der Waals surface area contributed by atoms with Gasteiger partial charge in [-0.15, -0.1) is 0 Å². The summed E-state index contributed by atoms with van der Waals surface area (Å²) in [5.74, 6) is 0.686. The number of rotatable bonds is 7. The highest BCUT2D eigenvalue weighted by Gasteiger charge is 2.34. The summed E-state index contributed by atoms with van der Waals surface area (Å²) in [4.78, 5) is 20.1. The number of halogens is 3. The van der Waals surface area contributed by atoms with E-state index in [-0.39, 0.29) is 22.5 Å². The molecule has 0 fully saturated rings. The van der Waals surface area contributed by atoms with E-state index in [9.17, 15) is 5.26 Å². The average molecular weight is 797 g/mol. The zero-order chi connectivity index (χ0) is 41.5. The molecule has 0 bridgehead atoms. The van der Waals surface area contributed by atoms with Crippen LogP contribution in [0.5, 0.6) is 0 Å². The Morgan fingerprint density at radius 3 is 1.33 bits per heavy atom. The Kier molecular flexibility index (Phi) is 9.23. The van der Waals surface area contributed by atoms with E-state index >= 15 is 13.2 Å². The van der Waals surface area contributed by atoms with Gasteiger partial charge in [-0.3, -0.25) is 0 Å². The van der Waals surface area contributed by atoms with Crippen LogP contribution < -0.4 is 0 Å². The molecule has 0 atom stereocenters. The highest BCUT2D eigenvalue weighted by molar-refractivity contribution is 6.11.